The third kappa shape index (κ3) is 2.12. The number of thioether (sulfide) groups is 1. The molecule has 0 fully saturated rings. The normalized spacial score (nSPS) is 10.9. The summed E-state index contributed by atoms with van der Waals surface area (Å²) in [6, 6.07) is 0. The molecular formula is C10H14N4OS. The minimum atomic E-state index is 0.0236. The van der Waals surface area contributed by atoms with Crippen LogP contribution in [0.25, 0.3) is 0 Å². The van der Waals surface area contributed by atoms with Crippen molar-refractivity contribution in [3.05, 3.63) is 30.1 Å². The number of hydrogen-bond acceptors (Lipinski definition) is 4. The van der Waals surface area contributed by atoms with Gasteiger partial charge in [0, 0.05) is 31.7 Å². The van der Waals surface area contributed by atoms with E-state index in [2.05, 4.69) is 9.97 Å². The van der Waals surface area contributed by atoms with Crippen molar-refractivity contribution in [1.82, 2.24) is 19.1 Å². The van der Waals surface area contributed by atoms with Crippen LogP contribution in [0, 0.1) is 0 Å². The first-order valence-electron chi connectivity index (χ1n) is 4.92. The number of aliphatic hydroxyl groups excluding tert-OH is 1. The predicted octanol–water partition coefficient (Wildman–Crippen LogP) is 0.938. The Labute approximate surface area is 98.1 Å². The first-order valence-corrected chi connectivity index (χ1v) is 5.90. The highest BCUT2D eigenvalue weighted by Gasteiger charge is 2.07. The second-order valence-corrected chi connectivity index (χ2v) is 4.48. The maximum Gasteiger partial charge on any atom is 0.168 e. The van der Waals surface area contributed by atoms with Crippen LogP contribution in [-0.2, 0) is 26.5 Å². The molecule has 2 aromatic heterocycles. The molecule has 0 saturated carbocycles. The summed E-state index contributed by atoms with van der Waals surface area (Å²) in [5.74, 6) is 0.826. The maximum absolute atomic E-state index is 9.04. The van der Waals surface area contributed by atoms with E-state index in [1.165, 1.54) is 0 Å². The summed E-state index contributed by atoms with van der Waals surface area (Å²) < 4.78 is 3.89. The zero-order valence-corrected chi connectivity index (χ0v) is 10.1. The number of hydrogen-bond donors (Lipinski definition) is 1. The number of rotatable bonds is 4. The summed E-state index contributed by atoms with van der Waals surface area (Å²) in [4.78, 5) is 8.31. The standard InChI is InChI=1S/C10H14N4OS/c1-13-7-11-3-9(13)6-16-10-12-4-8(5-15)14(10)2/h3-4,7,15H,5-6H2,1-2H3. The number of nitrogens with zero attached hydrogens (tertiary/aromatic N) is 4. The van der Waals surface area contributed by atoms with Crippen LogP contribution in [0.3, 0.4) is 0 Å². The fraction of sp³-hybridized carbons (Fsp3) is 0.400. The van der Waals surface area contributed by atoms with Crippen molar-refractivity contribution < 1.29 is 5.11 Å². The Kier molecular flexibility index (Phi) is 3.31. The van der Waals surface area contributed by atoms with Crippen LogP contribution in [0.1, 0.15) is 11.4 Å². The van der Waals surface area contributed by atoms with E-state index >= 15 is 0 Å². The lowest BCUT2D eigenvalue weighted by atomic mass is 10.5. The van der Waals surface area contributed by atoms with Crippen molar-refractivity contribution in [3.63, 3.8) is 0 Å². The smallest absolute Gasteiger partial charge is 0.168 e. The molecule has 0 bridgehead atoms. The molecular weight excluding hydrogens is 224 g/mol. The molecule has 1 N–H and O–H groups in total. The molecule has 2 heterocycles. The van der Waals surface area contributed by atoms with Crippen LogP contribution in [0.2, 0.25) is 0 Å². The van der Waals surface area contributed by atoms with E-state index in [4.69, 9.17) is 5.11 Å². The molecule has 6 heteroatoms. The fourth-order valence-electron chi connectivity index (χ4n) is 1.37. The summed E-state index contributed by atoms with van der Waals surface area (Å²) in [5, 5.41) is 9.95. The van der Waals surface area contributed by atoms with Crippen LogP contribution in [0.5, 0.6) is 0 Å². The molecule has 16 heavy (non-hydrogen) atoms. The van der Waals surface area contributed by atoms with E-state index in [0.29, 0.717) is 0 Å². The van der Waals surface area contributed by atoms with Gasteiger partial charge in [-0.25, -0.2) is 9.97 Å². The SMILES string of the molecule is Cn1cncc1CSc1ncc(CO)n1C. The third-order valence-electron chi connectivity index (χ3n) is 2.47. The molecule has 0 aromatic carbocycles. The average molecular weight is 238 g/mol. The molecule has 0 radical (unpaired) electrons. The molecule has 2 aromatic rings. The topological polar surface area (TPSA) is 55.9 Å². The minimum Gasteiger partial charge on any atom is -0.390 e. The van der Waals surface area contributed by atoms with Gasteiger partial charge in [0.2, 0.25) is 0 Å². The lowest BCUT2D eigenvalue weighted by Crippen LogP contribution is -1.98. The Bertz CT molecular complexity index is 477. The number of aromatic nitrogens is 4. The molecule has 0 amide bonds. The van der Waals surface area contributed by atoms with Crippen molar-refractivity contribution in [2.45, 2.75) is 17.5 Å². The Balaban J connectivity index is 2.05. The van der Waals surface area contributed by atoms with Gasteiger partial charge in [0.15, 0.2) is 5.16 Å². The van der Waals surface area contributed by atoms with E-state index in [1.54, 1.807) is 24.3 Å². The van der Waals surface area contributed by atoms with Crippen LogP contribution < -0.4 is 0 Å². The van der Waals surface area contributed by atoms with Gasteiger partial charge in [0.25, 0.3) is 0 Å². The Morgan fingerprint density at radius 1 is 1.31 bits per heavy atom. The fourth-order valence-corrected chi connectivity index (χ4v) is 2.36. The third-order valence-corrected chi connectivity index (χ3v) is 3.55. The van der Waals surface area contributed by atoms with Crippen molar-refractivity contribution in [2.75, 3.05) is 0 Å². The van der Waals surface area contributed by atoms with Crippen molar-refractivity contribution >= 4 is 11.8 Å². The second kappa shape index (κ2) is 4.71. The number of aryl methyl sites for hydroxylation is 1. The highest BCUT2D eigenvalue weighted by Crippen LogP contribution is 2.21. The van der Waals surface area contributed by atoms with Gasteiger partial charge in [-0.2, -0.15) is 0 Å². The zero-order valence-electron chi connectivity index (χ0n) is 9.29. The van der Waals surface area contributed by atoms with Gasteiger partial charge >= 0.3 is 0 Å². The summed E-state index contributed by atoms with van der Waals surface area (Å²) in [5.41, 5.74) is 1.98. The first-order chi connectivity index (χ1) is 7.72. The van der Waals surface area contributed by atoms with Gasteiger partial charge < -0.3 is 14.2 Å². The summed E-state index contributed by atoms with van der Waals surface area (Å²) in [6.45, 7) is 0.0236. The molecule has 0 unspecified atom stereocenters. The van der Waals surface area contributed by atoms with Crippen molar-refractivity contribution in [2.24, 2.45) is 14.1 Å². The van der Waals surface area contributed by atoms with Crippen LogP contribution in [0.4, 0.5) is 0 Å². The number of imidazole rings is 2. The van der Waals surface area contributed by atoms with E-state index in [9.17, 15) is 0 Å². The Morgan fingerprint density at radius 3 is 2.69 bits per heavy atom. The Morgan fingerprint density at radius 2 is 2.12 bits per heavy atom. The van der Waals surface area contributed by atoms with Gasteiger partial charge in [0.05, 0.1) is 24.8 Å². The molecule has 2 rings (SSSR count). The first kappa shape index (κ1) is 11.2. The lowest BCUT2D eigenvalue weighted by molar-refractivity contribution is 0.271. The van der Waals surface area contributed by atoms with Crippen molar-refractivity contribution in [3.8, 4) is 0 Å². The van der Waals surface area contributed by atoms with Gasteiger partial charge in [-0.3, -0.25) is 0 Å². The molecule has 0 saturated heterocycles. The molecule has 0 aliphatic heterocycles. The largest absolute Gasteiger partial charge is 0.390 e. The summed E-state index contributed by atoms with van der Waals surface area (Å²) in [6.07, 6.45) is 5.34. The molecule has 0 aliphatic rings. The van der Waals surface area contributed by atoms with E-state index in [0.717, 1.165) is 22.3 Å². The summed E-state index contributed by atoms with van der Waals surface area (Å²) in [7, 11) is 3.88. The second-order valence-electron chi connectivity index (χ2n) is 3.53. The lowest BCUT2D eigenvalue weighted by Gasteiger charge is -2.04. The van der Waals surface area contributed by atoms with E-state index in [-0.39, 0.29) is 6.61 Å². The van der Waals surface area contributed by atoms with E-state index < -0.39 is 0 Å². The Hall–Kier alpha value is -1.27. The van der Waals surface area contributed by atoms with Gasteiger partial charge in [-0.1, -0.05) is 11.8 Å². The summed E-state index contributed by atoms with van der Waals surface area (Å²) >= 11 is 1.64. The number of aliphatic hydroxyl groups is 1. The average Bonchev–Trinajstić information content (AvgIpc) is 2.83. The quantitative estimate of drug-likeness (QED) is 0.805. The molecule has 0 atom stereocenters. The molecule has 5 nitrogen and oxygen atoms in total. The monoisotopic (exact) mass is 238 g/mol. The van der Waals surface area contributed by atoms with Gasteiger partial charge in [0.1, 0.15) is 0 Å². The maximum atomic E-state index is 9.04. The molecule has 86 valence electrons. The van der Waals surface area contributed by atoms with Crippen LogP contribution >= 0.6 is 11.8 Å². The minimum absolute atomic E-state index is 0.0236. The van der Waals surface area contributed by atoms with Crippen LogP contribution in [-0.4, -0.2) is 24.2 Å². The molecule has 0 aliphatic carbocycles. The van der Waals surface area contributed by atoms with Gasteiger partial charge in [-0.15, -0.1) is 0 Å². The van der Waals surface area contributed by atoms with E-state index in [1.807, 2.05) is 29.4 Å². The zero-order chi connectivity index (χ0) is 11.5. The highest BCUT2D eigenvalue weighted by atomic mass is 32.2. The molecule has 0 spiro atoms. The predicted molar refractivity (Wildman–Crippen MR) is 61.9 cm³/mol. The highest BCUT2D eigenvalue weighted by molar-refractivity contribution is 7.98. The van der Waals surface area contributed by atoms with Crippen LogP contribution in [0.15, 0.2) is 23.9 Å². The van der Waals surface area contributed by atoms with Crippen molar-refractivity contribution in [1.29, 1.82) is 0 Å². The van der Waals surface area contributed by atoms with Gasteiger partial charge in [-0.05, 0) is 0 Å².